The molecule has 1 amide bonds. The molecule has 0 unspecified atom stereocenters. The number of amides is 1. The monoisotopic (exact) mass is 372 g/mol. The molecule has 1 aromatic heterocycles. The lowest BCUT2D eigenvalue weighted by molar-refractivity contribution is -0.118. The van der Waals surface area contributed by atoms with E-state index in [0.717, 1.165) is 30.8 Å². The first-order valence-electron chi connectivity index (χ1n) is 9.20. The van der Waals surface area contributed by atoms with Gasteiger partial charge in [0.2, 0.25) is 11.8 Å². The maximum absolute atomic E-state index is 13.3. The van der Waals surface area contributed by atoms with Crippen molar-refractivity contribution in [3.8, 4) is 5.88 Å². The van der Waals surface area contributed by atoms with E-state index in [2.05, 4.69) is 27.1 Å². The Kier molecular flexibility index (Phi) is 5.88. The molecule has 1 aromatic carbocycles. The molecule has 1 atom stereocenters. The number of rotatable bonds is 5. The number of aromatic nitrogens is 2. The highest BCUT2D eigenvalue weighted by Crippen LogP contribution is 2.22. The molecular formula is C20H25FN4O2. The maximum atomic E-state index is 13.3. The van der Waals surface area contributed by atoms with Crippen LogP contribution in [0.15, 0.2) is 24.3 Å². The normalized spacial score (nSPS) is 16.9. The van der Waals surface area contributed by atoms with Crippen molar-refractivity contribution in [3.05, 3.63) is 41.3 Å². The number of hydrogen-bond donors (Lipinski definition) is 1. The van der Waals surface area contributed by atoms with Gasteiger partial charge < -0.3 is 15.0 Å². The van der Waals surface area contributed by atoms with Crippen LogP contribution in [0.3, 0.4) is 0 Å². The van der Waals surface area contributed by atoms with Crippen molar-refractivity contribution in [1.29, 1.82) is 0 Å². The number of nitrogens with zero attached hydrogens (tertiary/aromatic N) is 3. The summed E-state index contributed by atoms with van der Waals surface area (Å²) in [6.07, 6.45) is 2.33. The molecule has 3 rings (SSSR count). The lowest BCUT2D eigenvalue weighted by Gasteiger charge is -2.31. The van der Waals surface area contributed by atoms with Crippen LogP contribution in [0.4, 0.5) is 16.0 Å². The number of nitrogens with one attached hydrogen (secondary N) is 1. The van der Waals surface area contributed by atoms with Gasteiger partial charge in [-0.2, -0.15) is 4.98 Å². The van der Waals surface area contributed by atoms with Gasteiger partial charge in [-0.25, -0.2) is 9.37 Å². The van der Waals surface area contributed by atoms with Crippen LogP contribution in [-0.2, 0) is 4.79 Å². The highest BCUT2D eigenvalue weighted by molar-refractivity contribution is 5.92. The van der Waals surface area contributed by atoms with Gasteiger partial charge in [0.05, 0.1) is 0 Å². The SMILES string of the molecule is Cc1cc(OCC(=O)Nc2cc(F)ccc2C)nc(N2CCC[C@H](C)C2)n1. The van der Waals surface area contributed by atoms with Crippen LogP contribution in [0.25, 0.3) is 0 Å². The molecule has 2 heterocycles. The second-order valence-corrected chi connectivity index (χ2v) is 7.14. The smallest absolute Gasteiger partial charge is 0.262 e. The average Bonchev–Trinajstić information content (AvgIpc) is 2.63. The summed E-state index contributed by atoms with van der Waals surface area (Å²) in [7, 11) is 0. The lowest BCUT2D eigenvalue weighted by atomic mass is 10.0. The summed E-state index contributed by atoms with van der Waals surface area (Å²) < 4.78 is 18.9. The number of benzene rings is 1. The average molecular weight is 372 g/mol. The van der Waals surface area contributed by atoms with Crippen molar-refractivity contribution in [1.82, 2.24) is 9.97 Å². The molecule has 1 aliphatic heterocycles. The van der Waals surface area contributed by atoms with Crippen LogP contribution in [0, 0.1) is 25.6 Å². The van der Waals surface area contributed by atoms with Crippen LogP contribution in [0.5, 0.6) is 5.88 Å². The van der Waals surface area contributed by atoms with Crippen molar-refractivity contribution >= 4 is 17.5 Å². The summed E-state index contributed by atoms with van der Waals surface area (Å²) in [6.45, 7) is 7.53. The minimum Gasteiger partial charge on any atom is -0.467 e. The van der Waals surface area contributed by atoms with E-state index in [9.17, 15) is 9.18 Å². The molecule has 1 fully saturated rings. The first-order chi connectivity index (χ1) is 12.9. The summed E-state index contributed by atoms with van der Waals surface area (Å²) >= 11 is 0. The molecule has 6 nitrogen and oxygen atoms in total. The standard InChI is InChI=1S/C20H25FN4O2/c1-13-5-4-8-25(11-13)20-22-15(3)9-19(24-20)27-12-18(26)23-17-10-16(21)7-6-14(17)2/h6-7,9-10,13H,4-5,8,11-12H2,1-3H3,(H,23,26)/t13-/m0/s1. The Hall–Kier alpha value is -2.70. The molecule has 1 saturated heterocycles. The Bertz CT molecular complexity index is 828. The minimum atomic E-state index is -0.399. The first-order valence-corrected chi connectivity index (χ1v) is 9.20. The van der Waals surface area contributed by atoms with Crippen LogP contribution in [0.2, 0.25) is 0 Å². The molecule has 1 aliphatic rings. The van der Waals surface area contributed by atoms with E-state index in [1.54, 1.807) is 19.1 Å². The fourth-order valence-electron chi connectivity index (χ4n) is 3.17. The largest absolute Gasteiger partial charge is 0.467 e. The van der Waals surface area contributed by atoms with Gasteiger partial charge in [0.1, 0.15) is 5.82 Å². The third-order valence-corrected chi connectivity index (χ3v) is 4.58. The highest BCUT2D eigenvalue weighted by atomic mass is 19.1. The van der Waals surface area contributed by atoms with Crippen LogP contribution in [-0.4, -0.2) is 35.6 Å². The molecule has 0 spiro atoms. The van der Waals surface area contributed by atoms with Crippen molar-refractivity contribution in [2.45, 2.75) is 33.6 Å². The minimum absolute atomic E-state index is 0.206. The summed E-state index contributed by atoms with van der Waals surface area (Å²) in [5, 5.41) is 2.66. The molecule has 0 aliphatic carbocycles. The second kappa shape index (κ2) is 8.33. The summed E-state index contributed by atoms with van der Waals surface area (Å²) in [4.78, 5) is 23.3. The van der Waals surface area contributed by atoms with Crippen molar-refractivity contribution in [3.63, 3.8) is 0 Å². The fourth-order valence-corrected chi connectivity index (χ4v) is 3.17. The Morgan fingerprint density at radius 3 is 2.93 bits per heavy atom. The fraction of sp³-hybridized carbons (Fsp3) is 0.450. The summed E-state index contributed by atoms with van der Waals surface area (Å²) in [5.41, 5.74) is 2.00. The molecule has 0 saturated carbocycles. The zero-order valence-corrected chi connectivity index (χ0v) is 16.0. The molecule has 0 radical (unpaired) electrons. The van der Waals surface area contributed by atoms with E-state index >= 15 is 0 Å². The highest BCUT2D eigenvalue weighted by Gasteiger charge is 2.19. The number of aryl methyl sites for hydroxylation is 2. The van der Waals surface area contributed by atoms with Gasteiger partial charge >= 0.3 is 0 Å². The lowest BCUT2D eigenvalue weighted by Crippen LogP contribution is -2.35. The van der Waals surface area contributed by atoms with Gasteiger partial charge in [-0.05, 0) is 50.3 Å². The number of piperidine rings is 1. The van der Waals surface area contributed by atoms with Gasteiger partial charge in [-0.3, -0.25) is 4.79 Å². The van der Waals surface area contributed by atoms with E-state index in [1.165, 1.54) is 18.6 Å². The van der Waals surface area contributed by atoms with Crippen molar-refractivity contribution < 1.29 is 13.9 Å². The van der Waals surface area contributed by atoms with Gasteiger partial charge in [0.15, 0.2) is 6.61 Å². The quantitative estimate of drug-likeness (QED) is 0.870. The third kappa shape index (κ3) is 5.15. The zero-order chi connectivity index (χ0) is 19.4. The van der Waals surface area contributed by atoms with Crippen LogP contribution < -0.4 is 15.0 Å². The van der Waals surface area contributed by atoms with Gasteiger partial charge in [0.25, 0.3) is 5.91 Å². The van der Waals surface area contributed by atoms with Crippen LogP contribution >= 0.6 is 0 Å². The van der Waals surface area contributed by atoms with Crippen molar-refractivity contribution in [2.75, 3.05) is 29.9 Å². The Morgan fingerprint density at radius 1 is 1.33 bits per heavy atom. The van der Waals surface area contributed by atoms with E-state index in [0.29, 0.717) is 23.4 Å². The Labute approximate surface area is 158 Å². The number of hydrogen-bond acceptors (Lipinski definition) is 5. The Balaban J connectivity index is 1.63. The maximum Gasteiger partial charge on any atom is 0.262 e. The number of halogens is 1. The molecule has 144 valence electrons. The molecule has 0 bridgehead atoms. The number of ether oxygens (including phenoxy) is 1. The number of anilines is 2. The third-order valence-electron chi connectivity index (χ3n) is 4.58. The van der Waals surface area contributed by atoms with Gasteiger partial charge in [-0.1, -0.05) is 13.0 Å². The molecule has 27 heavy (non-hydrogen) atoms. The zero-order valence-electron chi connectivity index (χ0n) is 16.0. The van der Waals surface area contributed by atoms with Gasteiger partial charge in [-0.15, -0.1) is 0 Å². The van der Waals surface area contributed by atoms with E-state index in [4.69, 9.17) is 4.74 Å². The van der Waals surface area contributed by atoms with Crippen LogP contribution in [0.1, 0.15) is 31.0 Å². The van der Waals surface area contributed by atoms with Gasteiger partial charge in [0, 0.05) is 30.5 Å². The van der Waals surface area contributed by atoms with E-state index < -0.39 is 5.82 Å². The van der Waals surface area contributed by atoms with E-state index in [1.807, 2.05) is 6.92 Å². The predicted octanol–water partition coefficient (Wildman–Crippen LogP) is 3.49. The topological polar surface area (TPSA) is 67.3 Å². The summed E-state index contributed by atoms with van der Waals surface area (Å²) in [5.74, 6) is 0.837. The molecular weight excluding hydrogens is 347 g/mol. The molecule has 1 N–H and O–H groups in total. The Morgan fingerprint density at radius 2 is 2.15 bits per heavy atom. The van der Waals surface area contributed by atoms with E-state index in [-0.39, 0.29) is 12.5 Å². The predicted molar refractivity (Wildman–Crippen MR) is 103 cm³/mol. The number of carbonyl (C=O) groups excluding carboxylic acids is 1. The second-order valence-electron chi connectivity index (χ2n) is 7.14. The number of carbonyl (C=O) groups is 1. The first kappa shape index (κ1) is 19.1. The summed E-state index contributed by atoms with van der Waals surface area (Å²) in [6, 6.07) is 5.97. The molecule has 7 heteroatoms. The molecule has 2 aromatic rings. The van der Waals surface area contributed by atoms with Crippen molar-refractivity contribution in [2.24, 2.45) is 5.92 Å².